The Morgan fingerprint density at radius 3 is 2.79 bits per heavy atom. The van der Waals surface area contributed by atoms with Gasteiger partial charge in [-0.1, -0.05) is 35.8 Å². The van der Waals surface area contributed by atoms with Gasteiger partial charge in [0, 0.05) is 29.0 Å². The summed E-state index contributed by atoms with van der Waals surface area (Å²) in [4.78, 5) is 14.9. The smallest absolute Gasteiger partial charge is 0.254 e. The molecule has 0 radical (unpaired) electrons. The number of phenolic OH excluding ortho intramolecular Hbond substituents is 1. The molecule has 1 aromatic rings. The molecule has 1 fully saturated rings. The van der Waals surface area contributed by atoms with Crippen molar-refractivity contribution < 1.29 is 9.90 Å². The van der Waals surface area contributed by atoms with Crippen LogP contribution in [0, 0.1) is 12.3 Å². The van der Waals surface area contributed by atoms with Gasteiger partial charge in [-0.25, -0.2) is 0 Å². The summed E-state index contributed by atoms with van der Waals surface area (Å²) in [5, 5.41) is 9.71. The highest BCUT2D eigenvalue weighted by molar-refractivity contribution is 9.09. The molecule has 1 aliphatic rings. The number of alkyl halides is 1. The molecule has 1 unspecified atom stereocenters. The van der Waals surface area contributed by atoms with Crippen LogP contribution in [0.2, 0.25) is 0 Å². The number of phenols is 1. The molecule has 0 saturated carbocycles. The Bertz CT molecular complexity index is 499. The fourth-order valence-electron chi connectivity index (χ4n) is 2.53. The minimum Gasteiger partial charge on any atom is -0.508 e. The standard InChI is InChI=1S/C15H20BrNO2/c1-10-11(5-4-6-12(10)18)14(19)17-8-7-13(16)15(2,3)9-17/h4-6,13,18H,7-9H2,1-3H3. The van der Waals surface area contributed by atoms with Crippen molar-refractivity contribution in [3.63, 3.8) is 0 Å². The maximum atomic E-state index is 12.6. The highest BCUT2D eigenvalue weighted by atomic mass is 79.9. The van der Waals surface area contributed by atoms with Crippen LogP contribution >= 0.6 is 15.9 Å². The van der Waals surface area contributed by atoms with E-state index in [1.165, 1.54) is 0 Å². The molecule has 2 rings (SSSR count). The Morgan fingerprint density at radius 2 is 2.16 bits per heavy atom. The Morgan fingerprint density at radius 1 is 1.47 bits per heavy atom. The molecular formula is C15H20BrNO2. The summed E-state index contributed by atoms with van der Waals surface area (Å²) in [6.45, 7) is 7.61. The van der Waals surface area contributed by atoms with E-state index in [9.17, 15) is 9.90 Å². The third-order valence-electron chi connectivity index (χ3n) is 3.92. The predicted octanol–water partition coefficient (Wildman–Crippen LogP) is 3.34. The van der Waals surface area contributed by atoms with Gasteiger partial charge in [-0.3, -0.25) is 4.79 Å². The van der Waals surface area contributed by atoms with Gasteiger partial charge in [0.25, 0.3) is 5.91 Å². The largest absolute Gasteiger partial charge is 0.508 e. The molecule has 4 heteroatoms. The zero-order valence-corrected chi connectivity index (χ0v) is 13.2. The Labute approximate surface area is 122 Å². The molecule has 19 heavy (non-hydrogen) atoms. The maximum Gasteiger partial charge on any atom is 0.254 e. The quantitative estimate of drug-likeness (QED) is 0.804. The molecule has 1 amide bonds. The summed E-state index contributed by atoms with van der Waals surface area (Å²) in [5.74, 6) is 0.196. The average molecular weight is 326 g/mol. The number of aromatic hydroxyl groups is 1. The molecule has 1 atom stereocenters. The molecule has 0 bridgehead atoms. The normalized spacial score (nSPS) is 22.3. The van der Waals surface area contributed by atoms with Gasteiger partial charge >= 0.3 is 0 Å². The molecule has 1 N–H and O–H groups in total. The van der Waals surface area contributed by atoms with Crippen LogP contribution in [0.3, 0.4) is 0 Å². The van der Waals surface area contributed by atoms with Gasteiger partial charge in [0.15, 0.2) is 0 Å². The van der Waals surface area contributed by atoms with Crippen LogP contribution in [0.4, 0.5) is 0 Å². The second-order valence-corrected chi connectivity index (χ2v) is 7.03. The minimum atomic E-state index is 0.0147. The van der Waals surface area contributed by atoms with E-state index in [2.05, 4.69) is 29.8 Å². The number of rotatable bonds is 1. The van der Waals surface area contributed by atoms with Crippen molar-refractivity contribution in [2.75, 3.05) is 13.1 Å². The summed E-state index contributed by atoms with van der Waals surface area (Å²) in [6, 6.07) is 5.11. The van der Waals surface area contributed by atoms with Crippen LogP contribution < -0.4 is 0 Å². The lowest BCUT2D eigenvalue weighted by molar-refractivity contribution is 0.0601. The van der Waals surface area contributed by atoms with E-state index in [1.54, 1.807) is 25.1 Å². The lowest BCUT2D eigenvalue weighted by Gasteiger charge is -2.42. The lowest BCUT2D eigenvalue weighted by Crippen LogP contribution is -2.48. The summed E-state index contributed by atoms with van der Waals surface area (Å²) in [6.07, 6.45) is 0.955. The van der Waals surface area contributed by atoms with Crippen LogP contribution in [-0.2, 0) is 0 Å². The number of halogens is 1. The molecule has 0 aromatic heterocycles. The van der Waals surface area contributed by atoms with Crippen LogP contribution in [-0.4, -0.2) is 33.8 Å². The molecule has 1 aromatic carbocycles. The van der Waals surface area contributed by atoms with E-state index in [1.807, 2.05) is 4.90 Å². The second-order valence-electron chi connectivity index (χ2n) is 5.92. The first kappa shape index (κ1) is 14.4. The third-order valence-corrected chi connectivity index (χ3v) is 5.62. The van der Waals surface area contributed by atoms with E-state index in [-0.39, 0.29) is 17.1 Å². The summed E-state index contributed by atoms with van der Waals surface area (Å²) in [5.41, 5.74) is 1.33. The van der Waals surface area contributed by atoms with Crippen LogP contribution in [0.15, 0.2) is 18.2 Å². The first-order valence-corrected chi connectivity index (χ1v) is 7.46. The van der Waals surface area contributed by atoms with E-state index >= 15 is 0 Å². The van der Waals surface area contributed by atoms with Crippen molar-refractivity contribution >= 4 is 21.8 Å². The van der Waals surface area contributed by atoms with Crippen LogP contribution in [0.1, 0.15) is 36.2 Å². The number of nitrogens with zero attached hydrogens (tertiary/aromatic N) is 1. The minimum absolute atomic E-state index is 0.0147. The number of hydrogen-bond donors (Lipinski definition) is 1. The number of amides is 1. The summed E-state index contributed by atoms with van der Waals surface area (Å²) < 4.78 is 0. The van der Waals surface area contributed by atoms with Crippen LogP contribution in [0.25, 0.3) is 0 Å². The number of carbonyl (C=O) groups excluding carboxylic acids is 1. The van der Waals surface area contributed by atoms with Gasteiger partial charge in [-0.05, 0) is 30.9 Å². The number of hydrogen-bond acceptors (Lipinski definition) is 2. The fraction of sp³-hybridized carbons (Fsp3) is 0.533. The molecule has 1 aliphatic heterocycles. The van der Waals surface area contributed by atoms with Gasteiger partial charge in [0.2, 0.25) is 0 Å². The molecule has 3 nitrogen and oxygen atoms in total. The second kappa shape index (κ2) is 5.16. The Hall–Kier alpha value is -1.03. The molecule has 1 saturated heterocycles. The highest BCUT2D eigenvalue weighted by Gasteiger charge is 2.36. The van der Waals surface area contributed by atoms with Gasteiger partial charge in [-0.15, -0.1) is 0 Å². The molecule has 0 aliphatic carbocycles. The zero-order valence-electron chi connectivity index (χ0n) is 11.6. The third kappa shape index (κ3) is 2.78. The number of piperidine rings is 1. The number of carbonyl (C=O) groups is 1. The van der Waals surface area contributed by atoms with Gasteiger partial charge < -0.3 is 10.0 Å². The average Bonchev–Trinajstić information content (AvgIpc) is 2.35. The SMILES string of the molecule is Cc1c(O)cccc1C(=O)N1CCC(Br)C(C)(C)C1. The predicted molar refractivity (Wildman–Crippen MR) is 79.9 cm³/mol. The van der Waals surface area contributed by atoms with Gasteiger partial charge in [0.1, 0.15) is 5.75 Å². The first-order chi connectivity index (χ1) is 8.83. The fourth-order valence-corrected chi connectivity index (χ4v) is 2.88. The molecule has 104 valence electrons. The highest BCUT2D eigenvalue weighted by Crippen LogP contribution is 2.35. The van der Waals surface area contributed by atoms with Crippen molar-refractivity contribution in [2.24, 2.45) is 5.41 Å². The lowest BCUT2D eigenvalue weighted by atomic mass is 9.83. The van der Waals surface area contributed by atoms with E-state index in [0.29, 0.717) is 16.0 Å². The zero-order chi connectivity index (χ0) is 14.2. The van der Waals surface area contributed by atoms with Crippen molar-refractivity contribution in [3.8, 4) is 5.75 Å². The molecular weight excluding hydrogens is 306 g/mol. The van der Waals surface area contributed by atoms with Crippen molar-refractivity contribution in [1.29, 1.82) is 0 Å². The van der Waals surface area contributed by atoms with Gasteiger partial charge in [-0.2, -0.15) is 0 Å². The number of benzene rings is 1. The van der Waals surface area contributed by atoms with Crippen molar-refractivity contribution in [3.05, 3.63) is 29.3 Å². The molecule has 0 spiro atoms. The van der Waals surface area contributed by atoms with Crippen LogP contribution in [0.5, 0.6) is 5.75 Å². The summed E-state index contributed by atoms with van der Waals surface area (Å²) in [7, 11) is 0. The topological polar surface area (TPSA) is 40.5 Å². The van der Waals surface area contributed by atoms with Crippen molar-refractivity contribution in [2.45, 2.75) is 32.0 Å². The monoisotopic (exact) mass is 325 g/mol. The number of likely N-dealkylation sites (tertiary alicyclic amines) is 1. The first-order valence-electron chi connectivity index (χ1n) is 6.55. The molecule has 1 heterocycles. The Kier molecular flexibility index (Phi) is 3.90. The Balaban J connectivity index is 2.23. The van der Waals surface area contributed by atoms with E-state index in [4.69, 9.17) is 0 Å². The van der Waals surface area contributed by atoms with Crippen molar-refractivity contribution in [1.82, 2.24) is 4.90 Å². The maximum absolute atomic E-state index is 12.6. The van der Waals surface area contributed by atoms with E-state index < -0.39 is 0 Å². The summed E-state index contributed by atoms with van der Waals surface area (Å²) >= 11 is 3.69. The van der Waals surface area contributed by atoms with E-state index in [0.717, 1.165) is 19.5 Å². The van der Waals surface area contributed by atoms with Gasteiger partial charge in [0.05, 0.1) is 0 Å².